The molecule has 0 bridgehead atoms. The van der Waals surface area contributed by atoms with Gasteiger partial charge < -0.3 is 15.5 Å². The average Bonchev–Trinajstić information content (AvgIpc) is 2.75. The summed E-state index contributed by atoms with van der Waals surface area (Å²) in [6.07, 6.45) is 0. The first-order chi connectivity index (χ1) is 8.49. The van der Waals surface area contributed by atoms with Crippen LogP contribution < -0.4 is 11.1 Å². The summed E-state index contributed by atoms with van der Waals surface area (Å²) in [6.45, 7) is 4.91. The number of likely N-dealkylation sites (N-methyl/N-ethyl adjacent to an activating group) is 1. The van der Waals surface area contributed by atoms with Crippen molar-refractivity contribution < 1.29 is 9.21 Å². The van der Waals surface area contributed by atoms with E-state index in [9.17, 15) is 4.79 Å². The van der Waals surface area contributed by atoms with Crippen LogP contribution >= 0.6 is 0 Å². The van der Waals surface area contributed by atoms with Gasteiger partial charge in [0.1, 0.15) is 11.5 Å². The number of nitrogens with two attached hydrogens (primary N) is 1. The predicted molar refractivity (Wildman–Crippen MR) is 71.1 cm³/mol. The second-order valence-electron chi connectivity index (χ2n) is 4.65. The maximum atomic E-state index is 11.5. The highest BCUT2D eigenvalue weighted by Gasteiger charge is 2.22. The standard InChI is InChI=1S/C13H23N3O2/c1-9(13(17)15-3)8-16(4)11(7-14)12-6-5-10(2)18-12/h5-6,9,11H,7-8,14H2,1-4H3,(H,15,17). The van der Waals surface area contributed by atoms with Crippen LogP contribution in [-0.4, -0.2) is 38.0 Å². The third-order valence-electron chi connectivity index (χ3n) is 3.10. The van der Waals surface area contributed by atoms with Crippen molar-refractivity contribution in [2.75, 3.05) is 27.2 Å². The number of hydrogen-bond donors (Lipinski definition) is 2. The molecule has 5 heteroatoms. The number of amides is 1. The van der Waals surface area contributed by atoms with E-state index in [1.165, 1.54) is 0 Å². The Morgan fingerprint density at radius 1 is 1.56 bits per heavy atom. The van der Waals surface area contributed by atoms with Gasteiger partial charge in [-0.05, 0) is 26.1 Å². The van der Waals surface area contributed by atoms with E-state index in [1.54, 1.807) is 7.05 Å². The summed E-state index contributed by atoms with van der Waals surface area (Å²) in [7, 11) is 3.60. The maximum Gasteiger partial charge on any atom is 0.223 e. The normalized spacial score (nSPS) is 14.6. The molecule has 2 unspecified atom stereocenters. The van der Waals surface area contributed by atoms with E-state index in [-0.39, 0.29) is 17.9 Å². The van der Waals surface area contributed by atoms with Crippen LogP contribution in [0.1, 0.15) is 24.5 Å². The zero-order valence-electron chi connectivity index (χ0n) is 11.6. The topological polar surface area (TPSA) is 71.5 Å². The van der Waals surface area contributed by atoms with Crippen LogP contribution in [0.5, 0.6) is 0 Å². The first kappa shape index (κ1) is 14.7. The molecule has 0 spiro atoms. The van der Waals surface area contributed by atoms with Gasteiger partial charge in [-0.3, -0.25) is 9.69 Å². The van der Waals surface area contributed by atoms with Crippen LogP contribution in [0.4, 0.5) is 0 Å². The number of carbonyl (C=O) groups excluding carboxylic acids is 1. The van der Waals surface area contributed by atoms with Gasteiger partial charge in [-0.25, -0.2) is 0 Å². The fourth-order valence-electron chi connectivity index (χ4n) is 2.03. The fraction of sp³-hybridized carbons (Fsp3) is 0.615. The lowest BCUT2D eigenvalue weighted by atomic mass is 10.1. The molecular formula is C13H23N3O2. The molecule has 1 rings (SSSR count). The number of aryl methyl sites for hydroxylation is 1. The molecule has 0 aliphatic carbocycles. The van der Waals surface area contributed by atoms with Gasteiger partial charge in [0.2, 0.25) is 5.91 Å². The molecule has 0 aliphatic rings. The lowest BCUT2D eigenvalue weighted by Crippen LogP contribution is -2.38. The van der Waals surface area contributed by atoms with Gasteiger partial charge in [-0.15, -0.1) is 0 Å². The molecule has 102 valence electrons. The summed E-state index contributed by atoms with van der Waals surface area (Å²) in [4.78, 5) is 13.6. The molecule has 0 aliphatic heterocycles. The van der Waals surface area contributed by atoms with E-state index >= 15 is 0 Å². The number of rotatable bonds is 6. The number of hydrogen-bond acceptors (Lipinski definition) is 4. The predicted octanol–water partition coefficient (Wildman–Crippen LogP) is 0.902. The van der Waals surface area contributed by atoms with Crippen LogP contribution in [0.3, 0.4) is 0 Å². The second kappa shape index (κ2) is 6.56. The smallest absolute Gasteiger partial charge is 0.223 e. The molecule has 1 aromatic rings. The highest BCUT2D eigenvalue weighted by atomic mass is 16.3. The summed E-state index contributed by atoms with van der Waals surface area (Å²) in [5.41, 5.74) is 5.80. The number of nitrogens with one attached hydrogen (secondary N) is 1. The van der Waals surface area contributed by atoms with Gasteiger partial charge in [-0.1, -0.05) is 6.92 Å². The van der Waals surface area contributed by atoms with Crippen molar-refractivity contribution in [3.8, 4) is 0 Å². The Bertz CT molecular complexity index is 389. The Morgan fingerprint density at radius 2 is 2.22 bits per heavy atom. The molecule has 0 aromatic carbocycles. The minimum atomic E-state index is -0.0786. The Morgan fingerprint density at radius 3 is 2.67 bits per heavy atom. The highest BCUT2D eigenvalue weighted by molar-refractivity contribution is 5.78. The van der Waals surface area contributed by atoms with E-state index in [0.29, 0.717) is 13.1 Å². The largest absolute Gasteiger partial charge is 0.465 e. The molecule has 0 saturated carbocycles. The zero-order chi connectivity index (χ0) is 13.7. The minimum Gasteiger partial charge on any atom is -0.465 e. The average molecular weight is 253 g/mol. The molecule has 1 heterocycles. The molecular weight excluding hydrogens is 230 g/mol. The molecule has 18 heavy (non-hydrogen) atoms. The Balaban J connectivity index is 2.68. The number of nitrogens with zero attached hydrogens (tertiary/aromatic N) is 1. The lowest BCUT2D eigenvalue weighted by molar-refractivity contribution is -0.124. The SMILES string of the molecule is CNC(=O)C(C)CN(C)C(CN)c1ccc(C)o1. The van der Waals surface area contributed by atoms with Gasteiger partial charge in [0.25, 0.3) is 0 Å². The quantitative estimate of drug-likeness (QED) is 0.790. The number of carbonyl (C=O) groups is 1. The van der Waals surface area contributed by atoms with E-state index in [0.717, 1.165) is 11.5 Å². The van der Waals surface area contributed by atoms with Crippen molar-refractivity contribution >= 4 is 5.91 Å². The summed E-state index contributed by atoms with van der Waals surface area (Å²) in [5.74, 6) is 1.68. The van der Waals surface area contributed by atoms with Crippen LogP contribution in [0, 0.1) is 12.8 Å². The van der Waals surface area contributed by atoms with Gasteiger partial charge in [-0.2, -0.15) is 0 Å². The van der Waals surface area contributed by atoms with Crippen molar-refractivity contribution in [3.63, 3.8) is 0 Å². The molecule has 0 fully saturated rings. The zero-order valence-corrected chi connectivity index (χ0v) is 11.6. The van der Waals surface area contributed by atoms with Crippen molar-refractivity contribution in [1.29, 1.82) is 0 Å². The second-order valence-corrected chi connectivity index (χ2v) is 4.65. The fourth-order valence-corrected chi connectivity index (χ4v) is 2.03. The molecule has 1 aromatic heterocycles. The monoisotopic (exact) mass is 253 g/mol. The van der Waals surface area contributed by atoms with Crippen molar-refractivity contribution in [2.45, 2.75) is 19.9 Å². The van der Waals surface area contributed by atoms with Gasteiger partial charge in [0, 0.05) is 26.1 Å². The van der Waals surface area contributed by atoms with E-state index in [2.05, 4.69) is 10.2 Å². The molecule has 3 N–H and O–H groups in total. The highest BCUT2D eigenvalue weighted by Crippen LogP contribution is 2.21. The van der Waals surface area contributed by atoms with E-state index < -0.39 is 0 Å². The lowest BCUT2D eigenvalue weighted by Gasteiger charge is -2.27. The van der Waals surface area contributed by atoms with E-state index in [4.69, 9.17) is 10.2 Å². The molecule has 0 saturated heterocycles. The molecule has 5 nitrogen and oxygen atoms in total. The Kier molecular flexibility index (Phi) is 5.37. The van der Waals surface area contributed by atoms with Gasteiger partial charge in [0.15, 0.2) is 0 Å². The van der Waals surface area contributed by atoms with Crippen LogP contribution in [0.25, 0.3) is 0 Å². The minimum absolute atomic E-state index is 0.00538. The number of furan rings is 1. The Labute approximate surface area is 108 Å². The van der Waals surface area contributed by atoms with Crippen LogP contribution in [-0.2, 0) is 4.79 Å². The molecule has 1 amide bonds. The van der Waals surface area contributed by atoms with Crippen molar-refractivity contribution in [3.05, 3.63) is 23.7 Å². The first-order valence-electron chi connectivity index (χ1n) is 6.17. The van der Waals surface area contributed by atoms with Gasteiger partial charge in [0.05, 0.1) is 6.04 Å². The first-order valence-corrected chi connectivity index (χ1v) is 6.17. The summed E-state index contributed by atoms with van der Waals surface area (Å²) < 4.78 is 5.60. The molecule has 0 radical (unpaired) electrons. The molecule has 2 atom stereocenters. The summed E-state index contributed by atoms with van der Waals surface area (Å²) in [5, 5.41) is 2.65. The van der Waals surface area contributed by atoms with Crippen molar-refractivity contribution in [2.24, 2.45) is 11.7 Å². The van der Waals surface area contributed by atoms with Crippen LogP contribution in [0.2, 0.25) is 0 Å². The Hall–Kier alpha value is -1.33. The summed E-state index contributed by atoms with van der Waals surface area (Å²) in [6, 6.07) is 3.87. The van der Waals surface area contributed by atoms with Crippen LogP contribution in [0.15, 0.2) is 16.5 Å². The third kappa shape index (κ3) is 3.58. The maximum absolute atomic E-state index is 11.5. The summed E-state index contributed by atoms with van der Waals surface area (Å²) >= 11 is 0. The third-order valence-corrected chi connectivity index (χ3v) is 3.10. The van der Waals surface area contributed by atoms with Crippen molar-refractivity contribution in [1.82, 2.24) is 10.2 Å². The van der Waals surface area contributed by atoms with Gasteiger partial charge >= 0.3 is 0 Å². The van der Waals surface area contributed by atoms with E-state index in [1.807, 2.05) is 33.0 Å².